The number of rotatable bonds is 1. The van der Waals surface area contributed by atoms with Crippen molar-refractivity contribution in [3.63, 3.8) is 0 Å². The minimum Gasteiger partial charge on any atom is -0.346 e. The van der Waals surface area contributed by atoms with Gasteiger partial charge in [0, 0.05) is 23.3 Å². The van der Waals surface area contributed by atoms with Crippen LogP contribution >= 0.6 is 0 Å². The van der Waals surface area contributed by atoms with Gasteiger partial charge in [0.2, 0.25) is 0 Å². The number of aldehydes is 1. The average molecular weight is 485 g/mol. The Kier molecular flexibility index (Phi) is 5.86. The largest absolute Gasteiger partial charge is 0.346 e. The Hall–Kier alpha value is -2.15. The Balaban J connectivity index is 1.41. The molecule has 3 heteroatoms. The van der Waals surface area contributed by atoms with Gasteiger partial charge in [0.05, 0.1) is 13.2 Å². The van der Waals surface area contributed by atoms with Gasteiger partial charge in [-0.3, -0.25) is 4.79 Å². The lowest BCUT2D eigenvalue weighted by Gasteiger charge is -2.53. The van der Waals surface area contributed by atoms with Gasteiger partial charge in [-0.2, -0.15) is 0 Å². The molecule has 4 aliphatic carbocycles. The van der Waals surface area contributed by atoms with Gasteiger partial charge in [-0.25, -0.2) is 0 Å². The SMILES string of the molecule is CC1CCC2C3CCC4=CC5(CCC4=C3C(c3ccc(C#CC=O)cc3)CC12C)OCC(C)(C)CO5. The third-order valence-electron chi connectivity index (χ3n) is 10.4. The molecule has 0 radical (unpaired) electrons. The molecule has 1 heterocycles. The molecule has 0 bridgehead atoms. The Morgan fingerprint density at radius 2 is 1.75 bits per heavy atom. The lowest BCUT2D eigenvalue weighted by atomic mass is 9.52. The van der Waals surface area contributed by atoms with Crippen molar-refractivity contribution in [2.24, 2.45) is 28.6 Å². The normalized spacial score (nSPS) is 36.2. The first-order valence-electron chi connectivity index (χ1n) is 14.0. The number of fused-ring (bicyclic) bond motifs is 4. The van der Waals surface area contributed by atoms with Gasteiger partial charge in [0.15, 0.2) is 12.1 Å². The molecule has 6 rings (SSSR count). The maximum absolute atomic E-state index is 10.7. The summed E-state index contributed by atoms with van der Waals surface area (Å²) in [5.74, 6) is 7.67. The molecule has 1 aromatic carbocycles. The zero-order valence-electron chi connectivity index (χ0n) is 22.4. The van der Waals surface area contributed by atoms with Crippen LogP contribution in [0.5, 0.6) is 0 Å². The van der Waals surface area contributed by atoms with Crippen LogP contribution in [0.25, 0.3) is 0 Å². The fourth-order valence-corrected chi connectivity index (χ4v) is 8.19. The highest BCUT2D eigenvalue weighted by Crippen LogP contribution is 2.65. The standard InChI is InChI=1S/C33H40O3/c1-22-7-14-29-27-13-12-25-18-33(35-20-31(2,3)21-36-33)16-15-26(25)30(27)28(19-32(22,29)4)24-10-8-23(9-11-24)6-5-17-34/h8-11,17-18,22,27-29H,7,12-16,19-21H2,1-4H3. The summed E-state index contributed by atoms with van der Waals surface area (Å²) < 4.78 is 12.8. The van der Waals surface area contributed by atoms with E-state index >= 15 is 0 Å². The lowest BCUT2D eigenvalue weighted by Crippen LogP contribution is -2.48. The zero-order chi connectivity index (χ0) is 25.1. The summed E-state index contributed by atoms with van der Waals surface area (Å²) in [5.41, 5.74) is 7.63. The first-order valence-corrected chi connectivity index (χ1v) is 14.0. The summed E-state index contributed by atoms with van der Waals surface area (Å²) in [6.07, 6.45) is 11.4. The van der Waals surface area contributed by atoms with Crippen LogP contribution in [0, 0.1) is 40.4 Å². The zero-order valence-corrected chi connectivity index (χ0v) is 22.4. The van der Waals surface area contributed by atoms with E-state index in [9.17, 15) is 4.79 Å². The van der Waals surface area contributed by atoms with Crippen LogP contribution in [0.1, 0.15) is 89.7 Å². The van der Waals surface area contributed by atoms with Gasteiger partial charge >= 0.3 is 0 Å². The Bertz CT molecular complexity index is 1160. The van der Waals surface area contributed by atoms with E-state index in [2.05, 4.69) is 69.9 Å². The number of hydrogen-bond donors (Lipinski definition) is 0. The Labute approximate surface area is 216 Å². The summed E-state index contributed by atoms with van der Waals surface area (Å²) >= 11 is 0. The number of benzene rings is 1. The van der Waals surface area contributed by atoms with E-state index in [1.807, 2.05) is 0 Å². The molecule has 1 aromatic rings. The van der Waals surface area contributed by atoms with Crippen molar-refractivity contribution in [1.29, 1.82) is 0 Å². The van der Waals surface area contributed by atoms with E-state index in [1.165, 1.54) is 36.8 Å². The highest BCUT2D eigenvalue weighted by molar-refractivity contribution is 5.74. The van der Waals surface area contributed by atoms with E-state index < -0.39 is 5.79 Å². The second-order valence-electron chi connectivity index (χ2n) is 13.2. The average Bonchev–Trinajstić information content (AvgIpc) is 3.18. The third-order valence-corrected chi connectivity index (χ3v) is 10.4. The third kappa shape index (κ3) is 3.93. The quantitative estimate of drug-likeness (QED) is 0.319. The Morgan fingerprint density at radius 3 is 2.47 bits per heavy atom. The minimum atomic E-state index is -0.527. The summed E-state index contributed by atoms with van der Waals surface area (Å²) in [4.78, 5) is 10.7. The predicted molar refractivity (Wildman–Crippen MR) is 142 cm³/mol. The van der Waals surface area contributed by atoms with Gasteiger partial charge in [-0.05, 0) is 103 Å². The van der Waals surface area contributed by atoms with E-state index in [4.69, 9.17) is 9.47 Å². The van der Waals surface area contributed by atoms with Gasteiger partial charge in [-0.1, -0.05) is 51.3 Å². The van der Waals surface area contributed by atoms with Crippen molar-refractivity contribution in [2.45, 2.75) is 84.3 Å². The molecular formula is C33H40O3. The molecular weight excluding hydrogens is 444 g/mol. The first-order chi connectivity index (χ1) is 17.2. The smallest absolute Gasteiger partial charge is 0.193 e. The summed E-state index contributed by atoms with van der Waals surface area (Å²) in [6, 6.07) is 8.73. The van der Waals surface area contributed by atoms with Gasteiger partial charge < -0.3 is 9.47 Å². The maximum Gasteiger partial charge on any atom is 0.193 e. The van der Waals surface area contributed by atoms with Gasteiger partial charge in [0.1, 0.15) is 0 Å². The monoisotopic (exact) mass is 484 g/mol. The molecule has 0 amide bonds. The van der Waals surface area contributed by atoms with Crippen LogP contribution in [-0.4, -0.2) is 25.3 Å². The molecule has 0 aromatic heterocycles. The van der Waals surface area contributed by atoms with E-state index in [0.717, 1.165) is 49.9 Å². The number of carbonyl (C=O) groups is 1. The minimum absolute atomic E-state index is 0.0838. The van der Waals surface area contributed by atoms with Crippen molar-refractivity contribution in [2.75, 3.05) is 13.2 Å². The molecule has 0 N–H and O–H groups in total. The molecule has 5 atom stereocenters. The van der Waals surface area contributed by atoms with Crippen molar-refractivity contribution in [3.05, 3.63) is 58.2 Å². The highest BCUT2D eigenvalue weighted by atomic mass is 16.7. The van der Waals surface area contributed by atoms with Crippen molar-refractivity contribution >= 4 is 6.29 Å². The van der Waals surface area contributed by atoms with Crippen LogP contribution in [-0.2, 0) is 14.3 Å². The molecule has 1 saturated heterocycles. The molecule has 5 unspecified atom stereocenters. The number of hydrogen-bond acceptors (Lipinski definition) is 3. The molecule has 5 aliphatic rings. The highest BCUT2D eigenvalue weighted by Gasteiger charge is 2.55. The van der Waals surface area contributed by atoms with Crippen LogP contribution in [0.15, 0.2) is 47.1 Å². The lowest BCUT2D eigenvalue weighted by molar-refractivity contribution is -0.275. The van der Waals surface area contributed by atoms with Crippen LogP contribution in [0.4, 0.5) is 0 Å². The molecule has 1 spiro atoms. The molecule has 190 valence electrons. The van der Waals surface area contributed by atoms with Crippen LogP contribution < -0.4 is 0 Å². The van der Waals surface area contributed by atoms with Crippen LogP contribution in [0.2, 0.25) is 0 Å². The molecule has 1 aliphatic heterocycles. The van der Waals surface area contributed by atoms with E-state index in [0.29, 0.717) is 23.5 Å². The first kappa shape index (κ1) is 24.2. The summed E-state index contributed by atoms with van der Waals surface area (Å²) in [6.45, 7) is 11.0. The molecule has 3 fully saturated rings. The van der Waals surface area contributed by atoms with Crippen molar-refractivity contribution in [1.82, 2.24) is 0 Å². The maximum atomic E-state index is 10.7. The fourth-order valence-electron chi connectivity index (χ4n) is 8.19. The Morgan fingerprint density at radius 1 is 1.00 bits per heavy atom. The summed E-state index contributed by atoms with van der Waals surface area (Å²) in [5, 5.41) is 0. The second kappa shape index (κ2) is 8.71. The molecule has 36 heavy (non-hydrogen) atoms. The van der Waals surface area contributed by atoms with Gasteiger partial charge in [-0.15, -0.1) is 0 Å². The number of ether oxygens (including phenoxy) is 2. The predicted octanol–water partition coefficient (Wildman–Crippen LogP) is 6.97. The fraction of sp³-hybridized carbons (Fsp3) is 0.606. The van der Waals surface area contributed by atoms with E-state index in [1.54, 1.807) is 11.1 Å². The van der Waals surface area contributed by atoms with Crippen molar-refractivity contribution < 1.29 is 14.3 Å². The number of carbonyl (C=O) groups excluding carboxylic acids is 1. The van der Waals surface area contributed by atoms with Crippen molar-refractivity contribution in [3.8, 4) is 11.8 Å². The molecule has 3 nitrogen and oxygen atoms in total. The topological polar surface area (TPSA) is 35.5 Å². The molecule has 2 saturated carbocycles. The second-order valence-corrected chi connectivity index (χ2v) is 13.2. The van der Waals surface area contributed by atoms with Gasteiger partial charge in [0.25, 0.3) is 0 Å². The summed E-state index contributed by atoms with van der Waals surface area (Å²) in [7, 11) is 0. The van der Waals surface area contributed by atoms with E-state index in [-0.39, 0.29) is 5.41 Å². The number of allylic oxidation sites excluding steroid dienone is 3. The van der Waals surface area contributed by atoms with Crippen LogP contribution in [0.3, 0.4) is 0 Å².